The number of fused-ring (bicyclic) bond motifs is 1. The normalized spacial score (nSPS) is 10.5. The molecular formula is C14H10N4S. The van der Waals surface area contributed by atoms with Gasteiger partial charge in [-0.2, -0.15) is 5.26 Å². The third-order valence-electron chi connectivity index (χ3n) is 2.71. The molecule has 0 amide bonds. The lowest BCUT2D eigenvalue weighted by molar-refractivity contribution is 0.988. The molecule has 2 heterocycles. The Kier molecular flexibility index (Phi) is 3.17. The van der Waals surface area contributed by atoms with Crippen molar-refractivity contribution in [3.63, 3.8) is 0 Å². The summed E-state index contributed by atoms with van der Waals surface area (Å²) in [4.78, 5) is 1.19. The Labute approximate surface area is 114 Å². The third-order valence-corrected chi connectivity index (χ3v) is 3.72. The van der Waals surface area contributed by atoms with Gasteiger partial charge in [0.2, 0.25) is 0 Å². The number of benzene rings is 1. The molecular weight excluding hydrogens is 256 g/mol. The molecule has 5 heteroatoms. The van der Waals surface area contributed by atoms with Gasteiger partial charge in [-0.05, 0) is 24.3 Å². The lowest BCUT2D eigenvalue weighted by Crippen LogP contribution is -1.93. The van der Waals surface area contributed by atoms with Gasteiger partial charge in [-0.15, -0.1) is 22.0 Å². The monoisotopic (exact) mass is 266 g/mol. The van der Waals surface area contributed by atoms with E-state index in [1.807, 2.05) is 28.7 Å². The molecule has 19 heavy (non-hydrogen) atoms. The molecule has 0 spiro atoms. The van der Waals surface area contributed by atoms with Crippen LogP contribution in [0.5, 0.6) is 0 Å². The van der Waals surface area contributed by atoms with Crippen LogP contribution in [-0.4, -0.2) is 14.6 Å². The van der Waals surface area contributed by atoms with Crippen molar-refractivity contribution in [3.8, 4) is 6.07 Å². The Morgan fingerprint density at radius 1 is 1.11 bits per heavy atom. The predicted molar refractivity (Wildman–Crippen MR) is 73.7 cm³/mol. The quantitative estimate of drug-likeness (QED) is 0.684. The molecule has 0 saturated carbocycles. The summed E-state index contributed by atoms with van der Waals surface area (Å²) >= 11 is 1.70. The van der Waals surface area contributed by atoms with Crippen LogP contribution in [0.15, 0.2) is 53.6 Å². The van der Waals surface area contributed by atoms with Gasteiger partial charge in [-0.1, -0.05) is 18.2 Å². The molecule has 3 rings (SSSR count). The van der Waals surface area contributed by atoms with Gasteiger partial charge in [0.05, 0.1) is 11.3 Å². The minimum atomic E-state index is 0.610. The van der Waals surface area contributed by atoms with E-state index in [0.29, 0.717) is 5.56 Å². The van der Waals surface area contributed by atoms with Crippen molar-refractivity contribution < 1.29 is 0 Å². The van der Waals surface area contributed by atoms with E-state index in [1.165, 1.54) is 4.90 Å². The van der Waals surface area contributed by atoms with Crippen molar-refractivity contribution in [2.75, 3.05) is 0 Å². The standard InChI is InChI=1S/C14H10N4S/c15-8-11-6-7-13-16-17-14(18(13)9-11)10-19-12-4-2-1-3-5-12/h1-7,9H,10H2. The Balaban J connectivity index is 1.87. The first-order valence-corrected chi connectivity index (χ1v) is 6.77. The molecule has 4 nitrogen and oxygen atoms in total. The molecule has 0 N–H and O–H groups in total. The van der Waals surface area contributed by atoms with E-state index in [0.717, 1.165) is 17.2 Å². The van der Waals surface area contributed by atoms with E-state index in [4.69, 9.17) is 5.26 Å². The second-order valence-electron chi connectivity index (χ2n) is 3.98. The van der Waals surface area contributed by atoms with E-state index in [2.05, 4.69) is 28.4 Å². The number of hydrogen-bond acceptors (Lipinski definition) is 4. The second kappa shape index (κ2) is 5.12. The SMILES string of the molecule is N#Cc1ccc2nnc(CSc3ccccc3)n2c1. The lowest BCUT2D eigenvalue weighted by atomic mass is 10.3. The lowest BCUT2D eigenvalue weighted by Gasteiger charge is -2.01. The van der Waals surface area contributed by atoms with Crippen LogP contribution in [0.3, 0.4) is 0 Å². The predicted octanol–water partition coefficient (Wildman–Crippen LogP) is 2.89. The molecule has 3 aromatic rings. The second-order valence-corrected chi connectivity index (χ2v) is 5.02. The van der Waals surface area contributed by atoms with Crippen LogP contribution in [-0.2, 0) is 5.75 Å². The number of nitriles is 1. The molecule has 0 aliphatic rings. The van der Waals surface area contributed by atoms with Crippen molar-refractivity contribution in [2.24, 2.45) is 0 Å². The third kappa shape index (κ3) is 2.44. The highest BCUT2D eigenvalue weighted by Gasteiger charge is 2.06. The number of pyridine rings is 1. The van der Waals surface area contributed by atoms with Gasteiger partial charge < -0.3 is 0 Å². The number of nitrogens with zero attached hydrogens (tertiary/aromatic N) is 4. The van der Waals surface area contributed by atoms with Crippen LogP contribution in [0, 0.1) is 11.3 Å². The maximum atomic E-state index is 8.92. The number of hydrogen-bond donors (Lipinski definition) is 0. The van der Waals surface area contributed by atoms with Gasteiger partial charge in [-0.3, -0.25) is 4.40 Å². The minimum absolute atomic E-state index is 0.610. The maximum absolute atomic E-state index is 8.92. The highest BCUT2D eigenvalue weighted by molar-refractivity contribution is 7.98. The van der Waals surface area contributed by atoms with E-state index in [-0.39, 0.29) is 0 Å². The van der Waals surface area contributed by atoms with E-state index >= 15 is 0 Å². The van der Waals surface area contributed by atoms with Gasteiger partial charge in [0.25, 0.3) is 0 Å². The summed E-state index contributed by atoms with van der Waals surface area (Å²) in [6, 6.07) is 15.8. The number of rotatable bonds is 3. The molecule has 0 aliphatic carbocycles. The summed E-state index contributed by atoms with van der Waals surface area (Å²) in [6.07, 6.45) is 1.77. The van der Waals surface area contributed by atoms with Gasteiger partial charge in [0.1, 0.15) is 11.9 Å². The fourth-order valence-electron chi connectivity index (χ4n) is 1.77. The highest BCUT2D eigenvalue weighted by Crippen LogP contribution is 2.21. The van der Waals surface area contributed by atoms with Gasteiger partial charge in [0, 0.05) is 11.1 Å². The van der Waals surface area contributed by atoms with Crippen molar-refractivity contribution in [2.45, 2.75) is 10.6 Å². The first-order chi connectivity index (χ1) is 9.36. The summed E-state index contributed by atoms with van der Waals surface area (Å²) in [7, 11) is 0. The smallest absolute Gasteiger partial charge is 0.160 e. The van der Waals surface area contributed by atoms with Gasteiger partial charge >= 0.3 is 0 Å². The summed E-state index contributed by atoms with van der Waals surface area (Å²) in [5.41, 5.74) is 1.38. The van der Waals surface area contributed by atoms with Crippen LogP contribution >= 0.6 is 11.8 Å². The molecule has 0 bridgehead atoms. The van der Waals surface area contributed by atoms with Crippen LogP contribution in [0.25, 0.3) is 5.65 Å². The van der Waals surface area contributed by atoms with Crippen molar-refractivity contribution in [3.05, 3.63) is 60.0 Å². The summed E-state index contributed by atoms with van der Waals surface area (Å²) in [5.74, 6) is 1.57. The zero-order valence-corrected chi connectivity index (χ0v) is 10.8. The molecule has 0 saturated heterocycles. The average Bonchev–Trinajstić information content (AvgIpc) is 2.88. The molecule has 2 aromatic heterocycles. The maximum Gasteiger partial charge on any atom is 0.160 e. The number of aromatic nitrogens is 3. The minimum Gasteiger partial charge on any atom is -0.284 e. The Morgan fingerprint density at radius 3 is 2.74 bits per heavy atom. The van der Waals surface area contributed by atoms with Crippen LogP contribution in [0.1, 0.15) is 11.4 Å². The number of thioether (sulfide) groups is 1. The van der Waals surface area contributed by atoms with Crippen molar-refractivity contribution in [1.82, 2.24) is 14.6 Å². The fourth-order valence-corrected chi connectivity index (χ4v) is 2.61. The van der Waals surface area contributed by atoms with E-state index < -0.39 is 0 Å². The largest absolute Gasteiger partial charge is 0.284 e. The topological polar surface area (TPSA) is 54.0 Å². The first kappa shape index (κ1) is 11.8. The molecule has 1 aromatic carbocycles. The van der Waals surface area contributed by atoms with Crippen LogP contribution in [0.2, 0.25) is 0 Å². The van der Waals surface area contributed by atoms with Crippen molar-refractivity contribution in [1.29, 1.82) is 5.26 Å². The zero-order chi connectivity index (χ0) is 13.1. The average molecular weight is 266 g/mol. The zero-order valence-electron chi connectivity index (χ0n) is 10.0. The molecule has 0 fully saturated rings. The molecule has 92 valence electrons. The first-order valence-electron chi connectivity index (χ1n) is 5.78. The van der Waals surface area contributed by atoms with E-state index in [9.17, 15) is 0 Å². The van der Waals surface area contributed by atoms with Gasteiger partial charge in [0.15, 0.2) is 5.65 Å². The van der Waals surface area contributed by atoms with E-state index in [1.54, 1.807) is 24.0 Å². The van der Waals surface area contributed by atoms with Crippen LogP contribution < -0.4 is 0 Å². The molecule has 0 atom stereocenters. The molecule has 0 radical (unpaired) electrons. The summed E-state index contributed by atoms with van der Waals surface area (Å²) in [5, 5.41) is 17.2. The summed E-state index contributed by atoms with van der Waals surface area (Å²) in [6.45, 7) is 0. The Bertz CT molecular complexity index is 743. The molecule has 0 unspecified atom stereocenters. The fraction of sp³-hybridized carbons (Fsp3) is 0.0714. The van der Waals surface area contributed by atoms with Gasteiger partial charge in [-0.25, -0.2) is 0 Å². The highest BCUT2D eigenvalue weighted by atomic mass is 32.2. The Morgan fingerprint density at radius 2 is 1.95 bits per heavy atom. The Hall–Kier alpha value is -2.32. The van der Waals surface area contributed by atoms with Crippen LogP contribution in [0.4, 0.5) is 0 Å². The summed E-state index contributed by atoms with van der Waals surface area (Å²) < 4.78 is 1.87. The van der Waals surface area contributed by atoms with Crippen molar-refractivity contribution >= 4 is 17.4 Å². The molecule has 0 aliphatic heterocycles.